The number of benzene rings is 1. The molecule has 0 aliphatic heterocycles. The fourth-order valence-corrected chi connectivity index (χ4v) is 3.14. The first-order valence-electron chi connectivity index (χ1n) is 10.4. The van der Waals surface area contributed by atoms with Crippen LogP contribution in [0.1, 0.15) is 55.3 Å². The molecule has 6 nitrogen and oxygen atoms in total. The molecule has 1 heterocycles. The molecule has 0 bridgehead atoms. The Morgan fingerprint density at radius 3 is 2.79 bits per heavy atom. The molecule has 7 heteroatoms. The van der Waals surface area contributed by atoms with Crippen molar-refractivity contribution in [2.24, 2.45) is 10.9 Å². The Kier molecular flexibility index (Phi) is 7.12. The molecule has 3 rings (SSSR count). The summed E-state index contributed by atoms with van der Waals surface area (Å²) in [6, 6.07) is 5.05. The van der Waals surface area contributed by atoms with Crippen LogP contribution in [0.2, 0.25) is 0 Å². The van der Waals surface area contributed by atoms with Crippen LogP contribution >= 0.6 is 0 Å². The molecule has 1 aromatic heterocycles. The predicted molar refractivity (Wildman–Crippen MR) is 112 cm³/mol. The number of halogens is 1. The number of aliphatic imine (C=N–C) groups is 1. The molecule has 0 amide bonds. The smallest absolute Gasteiger partial charge is 0.191 e. The maximum absolute atomic E-state index is 14.4. The first-order chi connectivity index (χ1) is 14.0. The quantitative estimate of drug-likeness (QED) is 0.489. The van der Waals surface area contributed by atoms with Crippen molar-refractivity contribution in [3.05, 3.63) is 46.6 Å². The Morgan fingerprint density at radius 1 is 1.38 bits per heavy atom. The highest BCUT2D eigenvalue weighted by atomic mass is 19.1. The third-order valence-corrected chi connectivity index (χ3v) is 5.14. The first kappa shape index (κ1) is 21.1. The highest BCUT2D eigenvalue weighted by molar-refractivity contribution is 5.80. The summed E-state index contributed by atoms with van der Waals surface area (Å²) in [7, 11) is 0. The van der Waals surface area contributed by atoms with Gasteiger partial charge in [-0.2, -0.15) is 0 Å². The maximum Gasteiger partial charge on any atom is 0.191 e. The normalized spacial score (nSPS) is 15.3. The molecule has 29 heavy (non-hydrogen) atoms. The van der Waals surface area contributed by atoms with E-state index >= 15 is 0 Å². The summed E-state index contributed by atoms with van der Waals surface area (Å²) in [6.07, 6.45) is 3.13. The van der Waals surface area contributed by atoms with E-state index in [0.717, 1.165) is 35.5 Å². The fraction of sp³-hybridized carbons (Fsp3) is 0.545. The van der Waals surface area contributed by atoms with Gasteiger partial charge >= 0.3 is 0 Å². The Bertz CT molecular complexity index is 826. The van der Waals surface area contributed by atoms with E-state index in [1.54, 1.807) is 6.07 Å². The third-order valence-electron chi connectivity index (χ3n) is 5.14. The first-order valence-corrected chi connectivity index (χ1v) is 10.4. The van der Waals surface area contributed by atoms with Crippen molar-refractivity contribution in [3.63, 3.8) is 0 Å². The molecule has 0 spiro atoms. The molecule has 0 radical (unpaired) electrons. The minimum atomic E-state index is -0.322. The standard InChI is InChI=1S/C22H31FN4O2/c1-5-24-22(25-11-10-19-15(3)27-29-16(19)4)26-14(2)18-8-9-21(20(23)12-18)28-13-17-6-7-17/h8-9,12,14,17H,5-7,10-11,13H2,1-4H3,(H2,24,25,26). The number of aryl methyl sites for hydroxylation is 2. The molecular formula is C22H31FN4O2. The predicted octanol–water partition coefficient (Wildman–Crippen LogP) is 4.08. The molecular weight excluding hydrogens is 371 g/mol. The zero-order chi connectivity index (χ0) is 20.8. The second kappa shape index (κ2) is 9.76. The fourth-order valence-electron chi connectivity index (χ4n) is 3.14. The number of nitrogens with one attached hydrogen (secondary N) is 2. The van der Waals surface area contributed by atoms with Crippen LogP contribution in [0, 0.1) is 25.6 Å². The largest absolute Gasteiger partial charge is 0.490 e. The highest BCUT2D eigenvalue weighted by Gasteiger charge is 2.22. The van der Waals surface area contributed by atoms with Crippen molar-refractivity contribution in [3.8, 4) is 5.75 Å². The van der Waals surface area contributed by atoms with E-state index < -0.39 is 0 Å². The van der Waals surface area contributed by atoms with Gasteiger partial charge in [-0.3, -0.25) is 4.99 Å². The van der Waals surface area contributed by atoms with Gasteiger partial charge in [0.15, 0.2) is 17.5 Å². The van der Waals surface area contributed by atoms with Gasteiger partial charge in [-0.05, 0) is 70.6 Å². The second-order valence-electron chi connectivity index (χ2n) is 7.62. The molecule has 1 atom stereocenters. The number of guanidine groups is 1. The second-order valence-corrected chi connectivity index (χ2v) is 7.62. The van der Waals surface area contributed by atoms with E-state index in [1.807, 2.05) is 33.8 Å². The summed E-state index contributed by atoms with van der Waals surface area (Å²) >= 11 is 0. The molecule has 0 saturated heterocycles. The Balaban J connectivity index is 1.59. The van der Waals surface area contributed by atoms with Gasteiger partial charge in [-0.25, -0.2) is 4.39 Å². The lowest BCUT2D eigenvalue weighted by Gasteiger charge is -2.19. The van der Waals surface area contributed by atoms with Gasteiger partial charge in [-0.1, -0.05) is 11.2 Å². The average Bonchev–Trinajstić information content (AvgIpc) is 3.47. The monoisotopic (exact) mass is 402 g/mol. The van der Waals surface area contributed by atoms with E-state index in [4.69, 9.17) is 9.26 Å². The van der Waals surface area contributed by atoms with Crippen LogP contribution in [0.3, 0.4) is 0 Å². The van der Waals surface area contributed by atoms with Gasteiger partial charge in [0.25, 0.3) is 0 Å². The van der Waals surface area contributed by atoms with Crippen LogP contribution in [0.25, 0.3) is 0 Å². The van der Waals surface area contributed by atoms with E-state index in [9.17, 15) is 4.39 Å². The molecule has 1 saturated carbocycles. The van der Waals surface area contributed by atoms with Gasteiger partial charge in [-0.15, -0.1) is 0 Å². The minimum absolute atomic E-state index is 0.0983. The van der Waals surface area contributed by atoms with E-state index in [-0.39, 0.29) is 11.9 Å². The number of ether oxygens (including phenoxy) is 1. The van der Waals surface area contributed by atoms with Crippen LogP contribution in [0.15, 0.2) is 27.7 Å². The van der Waals surface area contributed by atoms with Gasteiger partial charge < -0.3 is 19.9 Å². The van der Waals surface area contributed by atoms with Crippen molar-refractivity contribution < 1.29 is 13.7 Å². The van der Waals surface area contributed by atoms with Crippen molar-refractivity contribution in [1.29, 1.82) is 0 Å². The zero-order valence-corrected chi connectivity index (χ0v) is 17.7. The minimum Gasteiger partial charge on any atom is -0.490 e. The number of hydrogen-bond acceptors (Lipinski definition) is 4. The van der Waals surface area contributed by atoms with Crippen molar-refractivity contribution in [2.75, 3.05) is 19.7 Å². The van der Waals surface area contributed by atoms with Crippen LogP contribution in [-0.2, 0) is 6.42 Å². The van der Waals surface area contributed by atoms with Crippen molar-refractivity contribution in [2.45, 2.75) is 53.0 Å². The molecule has 1 unspecified atom stereocenters. The van der Waals surface area contributed by atoms with E-state index in [1.165, 1.54) is 18.9 Å². The average molecular weight is 403 g/mol. The zero-order valence-electron chi connectivity index (χ0n) is 17.7. The third kappa shape index (κ3) is 5.95. The highest BCUT2D eigenvalue weighted by Crippen LogP contribution is 2.30. The maximum atomic E-state index is 14.4. The summed E-state index contributed by atoms with van der Waals surface area (Å²) in [6.45, 7) is 9.80. The van der Waals surface area contributed by atoms with Crippen LogP contribution < -0.4 is 15.4 Å². The Hall–Kier alpha value is -2.57. The molecule has 158 valence electrons. The molecule has 1 fully saturated rings. The van der Waals surface area contributed by atoms with Gasteiger partial charge in [0.1, 0.15) is 5.76 Å². The lowest BCUT2D eigenvalue weighted by atomic mass is 10.1. The number of nitrogens with zero attached hydrogens (tertiary/aromatic N) is 2. The molecule has 1 aromatic carbocycles. The molecule has 1 aliphatic rings. The summed E-state index contributed by atoms with van der Waals surface area (Å²) < 4.78 is 25.2. The summed E-state index contributed by atoms with van der Waals surface area (Å²) in [5.41, 5.74) is 2.85. The van der Waals surface area contributed by atoms with Crippen LogP contribution in [0.5, 0.6) is 5.75 Å². The summed E-state index contributed by atoms with van der Waals surface area (Å²) in [5.74, 6) is 2.13. The Morgan fingerprint density at radius 2 is 2.17 bits per heavy atom. The Labute approximate surface area is 171 Å². The molecule has 2 N–H and O–H groups in total. The lowest BCUT2D eigenvalue weighted by Crippen LogP contribution is -2.39. The van der Waals surface area contributed by atoms with Gasteiger partial charge in [0.2, 0.25) is 0 Å². The lowest BCUT2D eigenvalue weighted by molar-refractivity contribution is 0.285. The number of rotatable bonds is 9. The SMILES string of the molecule is CCNC(=NCCc1c(C)noc1C)NC(C)c1ccc(OCC2CC2)c(F)c1. The van der Waals surface area contributed by atoms with E-state index in [2.05, 4.69) is 20.8 Å². The van der Waals surface area contributed by atoms with E-state index in [0.29, 0.717) is 30.8 Å². The summed E-state index contributed by atoms with van der Waals surface area (Å²) in [5, 5.41) is 10.6. The van der Waals surface area contributed by atoms with Crippen molar-refractivity contribution >= 4 is 5.96 Å². The topological polar surface area (TPSA) is 71.7 Å². The summed E-state index contributed by atoms with van der Waals surface area (Å²) in [4.78, 5) is 4.64. The van der Waals surface area contributed by atoms with Gasteiger partial charge in [0.05, 0.1) is 18.3 Å². The number of hydrogen-bond donors (Lipinski definition) is 2. The number of aromatic nitrogens is 1. The van der Waals surface area contributed by atoms with Crippen molar-refractivity contribution in [1.82, 2.24) is 15.8 Å². The molecule has 1 aliphatic carbocycles. The van der Waals surface area contributed by atoms with Gasteiger partial charge in [0, 0.05) is 18.7 Å². The van der Waals surface area contributed by atoms with Crippen LogP contribution in [-0.4, -0.2) is 30.8 Å². The van der Waals surface area contributed by atoms with Crippen LogP contribution in [0.4, 0.5) is 4.39 Å². The molecule has 2 aromatic rings.